The summed E-state index contributed by atoms with van der Waals surface area (Å²) in [6, 6.07) is 7.62. The molecule has 0 aliphatic rings. The van der Waals surface area contributed by atoms with Gasteiger partial charge in [0.15, 0.2) is 0 Å². The number of rotatable bonds is 10. The highest BCUT2D eigenvalue weighted by Crippen LogP contribution is 2.62. The molecule has 0 fully saturated rings. The third kappa shape index (κ3) is 8.48. The Kier molecular flexibility index (Phi) is 10.1. The van der Waals surface area contributed by atoms with E-state index in [1.165, 1.54) is 11.4 Å². The molecule has 0 aliphatic heterocycles. The maximum Gasteiger partial charge on any atom is 0.248 e. The van der Waals surface area contributed by atoms with Crippen LogP contribution in [0.2, 0.25) is 5.02 Å². The van der Waals surface area contributed by atoms with E-state index >= 15 is 0 Å². The molecule has 3 nitrogen and oxygen atoms in total. The van der Waals surface area contributed by atoms with Gasteiger partial charge in [0.1, 0.15) is 0 Å². The van der Waals surface area contributed by atoms with E-state index in [2.05, 4.69) is 6.08 Å². The third-order valence-electron chi connectivity index (χ3n) is 2.84. The molecule has 136 valence electrons. The van der Waals surface area contributed by atoms with Crippen molar-refractivity contribution < 1.29 is 14.2 Å². The van der Waals surface area contributed by atoms with Gasteiger partial charge >= 0.3 is 0 Å². The molecule has 0 atom stereocenters. The fourth-order valence-electron chi connectivity index (χ4n) is 1.98. The van der Waals surface area contributed by atoms with E-state index in [9.17, 15) is 5.11 Å². The van der Waals surface area contributed by atoms with Crippen LogP contribution in [-0.4, -0.2) is 29.7 Å². The van der Waals surface area contributed by atoms with Gasteiger partial charge in [-0.15, -0.1) is 0 Å². The van der Waals surface area contributed by atoms with Gasteiger partial charge in [-0.25, -0.2) is 0 Å². The van der Waals surface area contributed by atoms with Crippen LogP contribution in [-0.2, 0) is 20.9 Å². The monoisotopic (exact) mass is 408 g/mol. The van der Waals surface area contributed by atoms with Crippen molar-refractivity contribution in [2.75, 3.05) is 12.4 Å². The maximum atomic E-state index is 9.31. The van der Waals surface area contributed by atoms with E-state index < -0.39 is 5.69 Å². The fraction of sp³-hybridized carbons (Fsp3) is 0.529. The van der Waals surface area contributed by atoms with Gasteiger partial charge in [0.05, 0.1) is 12.2 Å². The van der Waals surface area contributed by atoms with Gasteiger partial charge in [-0.05, 0) is 69.2 Å². The first-order valence-electron chi connectivity index (χ1n) is 7.93. The summed E-state index contributed by atoms with van der Waals surface area (Å²) in [7, 11) is 0. The predicted molar refractivity (Wildman–Crippen MR) is 110 cm³/mol. The van der Waals surface area contributed by atoms with Crippen molar-refractivity contribution in [1.29, 1.82) is 0 Å². The first-order valence-corrected chi connectivity index (χ1v) is 12.5. The van der Waals surface area contributed by atoms with Crippen LogP contribution in [0.15, 0.2) is 30.3 Å². The molecular formula is C17H26ClO3PS2. The average Bonchev–Trinajstić information content (AvgIpc) is 2.45. The number of hydrogen-bond donors (Lipinski definition) is 1. The second kappa shape index (κ2) is 11.0. The second-order valence-corrected chi connectivity index (χ2v) is 12.5. The van der Waals surface area contributed by atoms with Crippen molar-refractivity contribution in [3.63, 3.8) is 0 Å². The van der Waals surface area contributed by atoms with E-state index in [4.69, 9.17) is 32.5 Å². The van der Waals surface area contributed by atoms with Gasteiger partial charge in [-0.2, -0.15) is 0 Å². The standard InChI is InChI=1S/C17H26ClO3PS2/c1-13(2)20-22(23,21-14(3)4)24-12-10-16(9-11-19)15-5-7-17(18)8-6-15/h5-8,10,13-14,19H,9,11-12H2,1-4H3/b16-10+. The molecule has 0 amide bonds. The second-order valence-electron chi connectivity index (χ2n) is 5.76. The summed E-state index contributed by atoms with van der Waals surface area (Å²) in [5.74, 6) is 0.675. The van der Waals surface area contributed by atoms with E-state index in [0.29, 0.717) is 17.2 Å². The summed E-state index contributed by atoms with van der Waals surface area (Å²) in [5, 5.41) is 10.0. The van der Waals surface area contributed by atoms with Crippen LogP contribution in [0.25, 0.3) is 5.57 Å². The van der Waals surface area contributed by atoms with Crippen LogP contribution in [0.5, 0.6) is 0 Å². The zero-order valence-electron chi connectivity index (χ0n) is 14.6. The molecule has 0 aliphatic carbocycles. The van der Waals surface area contributed by atoms with Gasteiger partial charge in [0.2, 0.25) is 5.69 Å². The van der Waals surface area contributed by atoms with Gasteiger partial charge in [0.25, 0.3) is 0 Å². The fourth-order valence-corrected chi connectivity index (χ4v) is 7.52. The number of aliphatic hydroxyl groups excluding tert-OH is 1. The van der Waals surface area contributed by atoms with E-state index in [-0.39, 0.29) is 18.8 Å². The molecule has 0 saturated heterocycles. The van der Waals surface area contributed by atoms with Crippen molar-refractivity contribution in [3.05, 3.63) is 40.9 Å². The van der Waals surface area contributed by atoms with E-state index in [0.717, 1.165) is 11.1 Å². The van der Waals surface area contributed by atoms with Crippen LogP contribution in [0, 0.1) is 0 Å². The zero-order chi connectivity index (χ0) is 18.2. The van der Waals surface area contributed by atoms with Crippen LogP contribution >= 0.6 is 28.7 Å². The molecule has 1 aromatic rings. The van der Waals surface area contributed by atoms with Gasteiger partial charge in [-0.1, -0.05) is 41.2 Å². The molecule has 0 unspecified atom stereocenters. The Labute approximate surface area is 159 Å². The molecule has 1 N–H and O–H groups in total. The number of benzene rings is 1. The minimum absolute atomic E-state index is 0.0271. The first kappa shape index (κ1) is 22.2. The van der Waals surface area contributed by atoms with Gasteiger partial charge in [0, 0.05) is 17.4 Å². The quantitative estimate of drug-likeness (QED) is 0.487. The topological polar surface area (TPSA) is 38.7 Å². The van der Waals surface area contributed by atoms with E-state index in [1.54, 1.807) is 0 Å². The minimum atomic E-state index is -2.38. The Hall–Kier alpha value is 0.130. The number of aliphatic hydroxyl groups is 1. The molecule has 1 rings (SSSR count). The van der Waals surface area contributed by atoms with Crippen LogP contribution in [0.4, 0.5) is 0 Å². The molecule has 0 saturated carbocycles. The number of hydrogen-bond acceptors (Lipinski definition) is 5. The SMILES string of the molecule is CC(C)OP(=S)(OC(C)C)SC/C=C(\CCO)c1ccc(Cl)cc1. The van der Waals surface area contributed by atoms with Crippen molar-refractivity contribution >= 4 is 46.1 Å². The summed E-state index contributed by atoms with van der Waals surface area (Å²) in [4.78, 5) is 0. The summed E-state index contributed by atoms with van der Waals surface area (Å²) < 4.78 is 11.8. The minimum Gasteiger partial charge on any atom is -0.396 e. The predicted octanol–water partition coefficient (Wildman–Crippen LogP) is 5.91. The largest absolute Gasteiger partial charge is 0.396 e. The Morgan fingerprint density at radius 2 is 1.75 bits per heavy atom. The Balaban J connectivity index is 2.84. The van der Waals surface area contributed by atoms with Crippen molar-refractivity contribution in [3.8, 4) is 0 Å². The van der Waals surface area contributed by atoms with Crippen LogP contribution in [0.1, 0.15) is 39.7 Å². The van der Waals surface area contributed by atoms with E-state index in [1.807, 2.05) is 52.0 Å². The van der Waals surface area contributed by atoms with Crippen molar-refractivity contribution in [2.24, 2.45) is 0 Å². The molecule has 0 heterocycles. The normalized spacial score (nSPS) is 13.1. The van der Waals surface area contributed by atoms with Crippen molar-refractivity contribution in [2.45, 2.75) is 46.3 Å². The molecule has 24 heavy (non-hydrogen) atoms. The van der Waals surface area contributed by atoms with Crippen LogP contribution in [0.3, 0.4) is 0 Å². The highest BCUT2D eigenvalue weighted by atomic mass is 35.5. The summed E-state index contributed by atoms with van der Waals surface area (Å²) in [5.41, 5.74) is -0.265. The summed E-state index contributed by atoms with van der Waals surface area (Å²) in [6.45, 7) is 7.95. The Bertz CT molecular complexity index is 560. The lowest BCUT2D eigenvalue weighted by atomic mass is 10.0. The zero-order valence-corrected chi connectivity index (χ0v) is 17.9. The highest BCUT2D eigenvalue weighted by Gasteiger charge is 2.22. The smallest absolute Gasteiger partial charge is 0.248 e. The average molecular weight is 409 g/mol. The number of halogens is 1. The van der Waals surface area contributed by atoms with Gasteiger partial charge < -0.3 is 14.2 Å². The lowest BCUT2D eigenvalue weighted by Gasteiger charge is -2.25. The lowest BCUT2D eigenvalue weighted by Crippen LogP contribution is -2.06. The Morgan fingerprint density at radius 3 is 2.21 bits per heavy atom. The third-order valence-corrected chi connectivity index (χ3v) is 8.46. The molecule has 0 radical (unpaired) electrons. The molecule has 1 aromatic carbocycles. The summed E-state index contributed by atoms with van der Waals surface area (Å²) >= 11 is 13.1. The molecule has 0 spiro atoms. The summed E-state index contributed by atoms with van der Waals surface area (Å²) in [6.07, 6.45) is 2.72. The van der Waals surface area contributed by atoms with Crippen LogP contribution < -0.4 is 0 Å². The lowest BCUT2D eigenvalue weighted by molar-refractivity contribution is 0.186. The highest BCUT2D eigenvalue weighted by molar-refractivity contribution is 8.67. The molecule has 0 aromatic heterocycles. The maximum absolute atomic E-state index is 9.31. The first-order chi connectivity index (χ1) is 11.3. The van der Waals surface area contributed by atoms with Gasteiger partial charge in [-0.3, -0.25) is 0 Å². The molecule has 0 bridgehead atoms. The molecular weight excluding hydrogens is 383 g/mol. The molecule has 7 heteroatoms. The van der Waals surface area contributed by atoms with Crippen molar-refractivity contribution in [1.82, 2.24) is 0 Å². The Morgan fingerprint density at radius 1 is 1.21 bits per heavy atom.